The molecule has 1 aromatic heterocycles. The van der Waals surface area contributed by atoms with Crippen molar-refractivity contribution in [3.8, 4) is 5.75 Å². The van der Waals surface area contributed by atoms with Gasteiger partial charge in [-0.2, -0.15) is 0 Å². The van der Waals surface area contributed by atoms with Crippen molar-refractivity contribution < 1.29 is 14.5 Å². The molecule has 39 heavy (non-hydrogen) atoms. The lowest BCUT2D eigenvalue weighted by Crippen LogP contribution is -2.31. The predicted octanol–water partition coefficient (Wildman–Crippen LogP) is 6.96. The lowest BCUT2D eigenvalue weighted by atomic mass is 10.1. The van der Waals surface area contributed by atoms with Gasteiger partial charge in [-0.25, -0.2) is 4.99 Å². The van der Waals surface area contributed by atoms with Crippen LogP contribution in [0.25, 0.3) is 17.0 Å². The number of nitrogens with one attached hydrogen (secondary N) is 1. The summed E-state index contributed by atoms with van der Waals surface area (Å²) in [5, 5.41) is 12.7. The Bertz CT molecular complexity index is 1560. The molecule has 2 heterocycles. The molecule has 1 saturated heterocycles. The molecule has 0 unspecified atom stereocenters. The van der Waals surface area contributed by atoms with Gasteiger partial charge in [0.2, 0.25) is 0 Å². The molecular formula is C30H28N4O4S. The number of benzene rings is 3. The maximum atomic E-state index is 13.6. The number of ether oxygens (including phenoxy) is 1. The molecule has 4 aromatic rings. The second-order valence-corrected chi connectivity index (χ2v) is 10.6. The van der Waals surface area contributed by atoms with Gasteiger partial charge in [-0.3, -0.25) is 19.8 Å². The molecule has 9 heteroatoms. The number of carbonyl (C=O) groups excluding carboxylic acids is 1. The van der Waals surface area contributed by atoms with Gasteiger partial charge in [0.05, 0.1) is 22.1 Å². The highest BCUT2D eigenvalue weighted by Gasteiger charge is 2.33. The SMILES string of the molecule is CC(C)COc1ccc(/C=C2\SC(=Nc3ccc([N+](=O)[O-])cc3)N(CCc3c[nH]c4ccccc34)C2=O)cc1. The number of fused-ring (bicyclic) bond motifs is 1. The van der Waals surface area contributed by atoms with Gasteiger partial charge in [-0.1, -0.05) is 44.2 Å². The summed E-state index contributed by atoms with van der Waals surface area (Å²) >= 11 is 1.30. The maximum Gasteiger partial charge on any atom is 0.269 e. The molecule has 1 fully saturated rings. The van der Waals surface area contributed by atoms with E-state index in [4.69, 9.17) is 9.73 Å². The normalized spacial score (nSPS) is 15.7. The number of rotatable bonds is 9. The topological polar surface area (TPSA) is 101 Å². The molecular weight excluding hydrogens is 512 g/mol. The molecule has 1 amide bonds. The number of H-pyrrole nitrogens is 1. The minimum atomic E-state index is -0.446. The van der Waals surface area contributed by atoms with Crippen molar-refractivity contribution in [2.75, 3.05) is 13.2 Å². The highest BCUT2D eigenvalue weighted by atomic mass is 32.2. The zero-order valence-electron chi connectivity index (χ0n) is 21.7. The summed E-state index contributed by atoms with van der Waals surface area (Å²) in [5.74, 6) is 1.10. The Morgan fingerprint density at radius 3 is 2.54 bits per heavy atom. The molecule has 0 saturated carbocycles. The van der Waals surface area contributed by atoms with Gasteiger partial charge in [-0.05, 0) is 71.6 Å². The van der Waals surface area contributed by atoms with Gasteiger partial charge in [0, 0.05) is 35.8 Å². The summed E-state index contributed by atoms with van der Waals surface area (Å²) in [7, 11) is 0. The number of aromatic nitrogens is 1. The standard InChI is InChI=1S/C30H28N4O4S/c1-20(2)19-38-25-13-7-21(8-14-25)17-28-29(35)33(16-15-22-18-31-27-6-4-3-5-26(22)27)30(39-28)32-23-9-11-24(12-10-23)34(36)37/h3-14,17-18,20,31H,15-16,19H2,1-2H3/b28-17-,32-30?. The number of para-hydroxylation sites is 1. The van der Waals surface area contributed by atoms with Crippen LogP contribution in [0.5, 0.6) is 5.75 Å². The Morgan fingerprint density at radius 1 is 1.08 bits per heavy atom. The van der Waals surface area contributed by atoms with Gasteiger partial charge < -0.3 is 9.72 Å². The third-order valence-corrected chi connectivity index (χ3v) is 7.22. The number of thioether (sulfide) groups is 1. The van der Waals surface area contributed by atoms with Crippen LogP contribution in [0, 0.1) is 16.0 Å². The fourth-order valence-corrected chi connectivity index (χ4v) is 5.22. The highest BCUT2D eigenvalue weighted by molar-refractivity contribution is 8.18. The zero-order valence-corrected chi connectivity index (χ0v) is 22.5. The third kappa shape index (κ3) is 6.21. The molecule has 1 aliphatic heterocycles. The third-order valence-electron chi connectivity index (χ3n) is 6.21. The van der Waals surface area contributed by atoms with Crippen LogP contribution in [0.1, 0.15) is 25.0 Å². The van der Waals surface area contributed by atoms with Crippen LogP contribution in [0.3, 0.4) is 0 Å². The molecule has 1 aliphatic rings. The zero-order chi connectivity index (χ0) is 27.4. The van der Waals surface area contributed by atoms with Crippen LogP contribution in [-0.2, 0) is 11.2 Å². The second-order valence-electron chi connectivity index (χ2n) is 9.62. The van der Waals surface area contributed by atoms with E-state index < -0.39 is 4.92 Å². The van der Waals surface area contributed by atoms with Gasteiger partial charge in [0.1, 0.15) is 5.75 Å². The minimum absolute atomic E-state index is 0.00769. The minimum Gasteiger partial charge on any atom is -0.493 e. The molecule has 0 spiro atoms. The Kier molecular flexibility index (Phi) is 7.79. The predicted molar refractivity (Wildman–Crippen MR) is 156 cm³/mol. The number of carbonyl (C=O) groups is 1. The van der Waals surface area contributed by atoms with Gasteiger partial charge in [0.25, 0.3) is 11.6 Å². The Labute approximate surface area is 230 Å². The smallest absolute Gasteiger partial charge is 0.269 e. The number of nitrogens with zero attached hydrogens (tertiary/aromatic N) is 3. The number of nitro groups is 1. The Balaban J connectivity index is 1.40. The van der Waals surface area contributed by atoms with Crippen molar-refractivity contribution in [2.45, 2.75) is 20.3 Å². The monoisotopic (exact) mass is 540 g/mol. The summed E-state index contributed by atoms with van der Waals surface area (Å²) in [6.45, 7) is 5.28. The van der Waals surface area contributed by atoms with Crippen molar-refractivity contribution in [1.82, 2.24) is 9.88 Å². The van der Waals surface area contributed by atoms with Crippen molar-refractivity contribution >= 4 is 51.2 Å². The number of nitro benzene ring substituents is 1. The molecule has 0 aliphatic carbocycles. The first-order valence-electron chi connectivity index (χ1n) is 12.7. The van der Waals surface area contributed by atoms with E-state index in [1.54, 1.807) is 17.0 Å². The van der Waals surface area contributed by atoms with E-state index in [9.17, 15) is 14.9 Å². The average Bonchev–Trinajstić information content (AvgIpc) is 3.47. The molecule has 0 bridgehead atoms. The fraction of sp³-hybridized carbons (Fsp3) is 0.200. The van der Waals surface area contributed by atoms with Crippen molar-refractivity contribution in [3.63, 3.8) is 0 Å². The second kappa shape index (κ2) is 11.6. The van der Waals surface area contributed by atoms with E-state index in [1.807, 2.05) is 54.7 Å². The number of aliphatic imine (C=N–C) groups is 1. The van der Waals surface area contributed by atoms with Crippen LogP contribution in [0.4, 0.5) is 11.4 Å². The number of aromatic amines is 1. The largest absolute Gasteiger partial charge is 0.493 e. The van der Waals surface area contributed by atoms with Crippen LogP contribution in [0.2, 0.25) is 0 Å². The van der Waals surface area contributed by atoms with E-state index in [-0.39, 0.29) is 11.6 Å². The van der Waals surface area contributed by atoms with Gasteiger partial charge in [0.15, 0.2) is 5.17 Å². The highest BCUT2D eigenvalue weighted by Crippen LogP contribution is 2.35. The first kappa shape index (κ1) is 26.2. The molecule has 3 aromatic carbocycles. The molecule has 198 valence electrons. The van der Waals surface area contributed by atoms with Crippen LogP contribution >= 0.6 is 11.8 Å². The summed E-state index contributed by atoms with van der Waals surface area (Å²) in [6, 6.07) is 21.7. The summed E-state index contributed by atoms with van der Waals surface area (Å²) in [6.07, 6.45) is 4.48. The summed E-state index contributed by atoms with van der Waals surface area (Å²) in [4.78, 5) is 34.4. The number of non-ortho nitro benzene ring substituents is 1. The van der Waals surface area contributed by atoms with Crippen molar-refractivity contribution in [1.29, 1.82) is 0 Å². The Hall–Kier alpha value is -4.37. The molecule has 0 atom stereocenters. The fourth-order valence-electron chi connectivity index (χ4n) is 4.19. The quantitative estimate of drug-likeness (QED) is 0.141. The van der Waals surface area contributed by atoms with E-state index in [2.05, 4.69) is 24.9 Å². The van der Waals surface area contributed by atoms with E-state index in [0.29, 0.717) is 41.3 Å². The van der Waals surface area contributed by atoms with Crippen molar-refractivity contribution in [3.05, 3.63) is 105 Å². The average molecular weight is 541 g/mol. The molecule has 1 N–H and O–H groups in total. The number of amidine groups is 1. The van der Waals surface area contributed by atoms with E-state index >= 15 is 0 Å². The Morgan fingerprint density at radius 2 is 1.82 bits per heavy atom. The van der Waals surface area contributed by atoms with E-state index in [1.165, 1.54) is 23.9 Å². The lowest BCUT2D eigenvalue weighted by Gasteiger charge is -2.15. The maximum absolute atomic E-state index is 13.6. The van der Waals surface area contributed by atoms with Crippen LogP contribution in [-0.4, -0.2) is 39.0 Å². The summed E-state index contributed by atoms with van der Waals surface area (Å²) < 4.78 is 5.77. The molecule has 0 radical (unpaired) electrons. The lowest BCUT2D eigenvalue weighted by molar-refractivity contribution is -0.384. The van der Waals surface area contributed by atoms with Crippen LogP contribution in [0.15, 0.2) is 88.9 Å². The summed E-state index contributed by atoms with van der Waals surface area (Å²) in [5.41, 5.74) is 3.59. The van der Waals surface area contributed by atoms with Crippen LogP contribution < -0.4 is 4.74 Å². The number of amides is 1. The number of hydrogen-bond acceptors (Lipinski definition) is 6. The first-order chi connectivity index (χ1) is 18.9. The van der Waals surface area contributed by atoms with Gasteiger partial charge >= 0.3 is 0 Å². The van der Waals surface area contributed by atoms with Crippen molar-refractivity contribution in [2.24, 2.45) is 10.9 Å². The number of hydrogen-bond donors (Lipinski definition) is 1. The van der Waals surface area contributed by atoms with E-state index in [0.717, 1.165) is 27.8 Å². The molecule has 8 nitrogen and oxygen atoms in total. The molecule has 5 rings (SSSR count). The van der Waals surface area contributed by atoms with Gasteiger partial charge in [-0.15, -0.1) is 0 Å². The first-order valence-corrected chi connectivity index (χ1v) is 13.5.